The predicted molar refractivity (Wildman–Crippen MR) is 105 cm³/mol. The number of halogens is 3. The van der Waals surface area contributed by atoms with Gasteiger partial charge in [-0.3, -0.25) is 9.20 Å². The van der Waals surface area contributed by atoms with Crippen molar-refractivity contribution in [1.29, 1.82) is 0 Å². The van der Waals surface area contributed by atoms with Gasteiger partial charge in [-0.2, -0.15) is 0 Å². The number of anilines is 1. The Morgan fingerprint density at radius 2 is 1.89 bits per heavy atom. The molecular weight excluding hydrogens is 384 g/mol. The Morgan fingerprint density at radius 1 is 1.11 bits per heavy atom. The van der Waals surface area contributed by atoms with Crippen molar-refractivity contribution in [2.24, 2.45) is 0 Å². The summed E-state index contributed by atoms with van der Waals surface area (Å²) in [6.07, 6.45) is 1.71. The van der Waals surface area contributed by atoms with E-state index in [1.54, 1.807) is 34.9 Å². The Hall–Kier alpha value is -3.25. The molecule has 2 aromatic carbocycles. The van der Waals surface area contributed by atoms with Gasteiger partial charge in [-0.1, -0.05) is 23.7 Å². The zero-order valence-corrected chi connectivity index (χ0v) is 15.5. The maximum absolute atomic E-state index is 14.4. The summed E-state index contributed by atoms with van der Waals surface area (Å²) in [4.78, 5) is 17.2. The molecule has 0 radical (unpaired) electrons. The summed E-state index contributed by atoms with van der Waals surface area (Å²) in [5.41, 5.74) is 1.87. The van der Waals surface area contributed by atoms with E-state index in [1.807, 2.05) is 13.0 Å². The minimum atomic E-state index is -1.03. The number of fused-ring (bicyclic) bond motifs is 1. The van der Waals surface area contributed by atoms with Crippen LogP contribution in [0, 0.1) is 18.6 Å². The van der Waals surface area contributed by atoms with Crippen molar-refractivity contribution in [1.82, 2.24) is 9.38 Å². The van der Waals surface area contributed by atoms with Crippen LogP contribution >= 0.6 is 11.6 Å². The van der Waals surface area contributed by atoms with Crippen molar-refractivity contribution in [2.45, 2.75) is 6.92 Å². The number of hydrogen-bond acceptors (Lipinski definition) is 2. The summed E-state index contributed by atoms with van der Waals surface area (Å²) in [7, 11) is 0. The summed E-state index contributed by atoms with van der Waals surface area (Å²) in [5, 5.41) is 3.17. The van der Waals surface area contributed by atoms with Crippen LogP contribution in [0.1, 0.15) is 15.9 Å². The van der Waals surface area contributed by atoms with Crippen molar-refractivity contribution in [3.63, 3.8) is 0 Å². The minimum absolute atomic E-state index is 0.0391. The summed E-state index contributed by atoms with van der Waals surface area (Å²) in [5.74, 6) is -2.22. The van der Waals surface area contributed by atoms with Crippen LogP contribution in [-0.2, 0) is 0 Å². The van der Waals surface area contributed by atoms with Gasteiger partial charge in [0.15, 0.2) is 11.6 Å². The average Bonchev–Trinajstić information content (AvgIpc) is 3.01. The molecule has 2 aromatic heterocycles. The van der Waals surface area contributed by atoms with Crippen LogP contribution in [0.5, 0.6) is 0 Å². The van der Waals surface area contributed by atoms with E-state index < -0.39 is 17.5 Å². The van der Waals surface area contributed by atoms with E-state index in [0.29, 0.717) is 16.2 Å². The average molecular weight is 398 g/mol. The lowest BCUT2D eigenvalue weighted by Gasteiger charge is -2.09. The van der Waals surface area contributed by atoms with Gasteiger partial charge in [0, 0.05) is 22.3 Å². The Labute approximate surface area is 164 Å². The standard InChI is InChI=1S/C21H14ClF2N3O/c1-12-8-9-27-17(10-12)25-19(15-6-3-7-16(23)18(15)24)20(27)26-21(28)13-4-2-5-14(22)11-13/h2-11H,1H3,(H,26,28). The number of pyridine rings is 1. The zero-order valence-electron chi connectivity index (χ0n) is 14.7. The molecule has 1 amide bonds. The summed E-state index contributed by atoms with van der Waals surface area (Å²) in [6.45, 7) is 1.89. The highest BCUT2D eigenvalue weighted by molar-refractivity contribution is 6.31. The molecule has 0 unspecified atom stereocenters. The van der Waals surface area contributed by atoms with Crippen molar-refractivity contribution in [2.75, 3.05) is 5.32 Å². The first kappa shape index (κ1) is 18.1. The quantitative estimate of drug-likeness (QED) is 0.496. The number of imidazole rings is 1. The molecule has 0 aliphatic rings. The molecular formula is C21H14ClF2N3O. The number of nitrogens with one attached hydrogen (secondary N) is 1. The molecule has 4 nitrogen and oxygen atoms in total. The van der Waals surface area contributed by atoms with Crippen molar-refractivity contribution in [3.8, 4) is 11.3 Å². The normalized spacial score (nSPS) is 11.0. The number of aromatic nitrogens is 2. The maximum Gasteiger partial charge on any atom is 0.256 e. The van der Waals surface area contributed by atoms with E-state index in [2.05, 4.69) is 10.3 Å². The molecule has 0 spiro atoms. The number of nitrogens with zero attached hydrogens (tertiary/aromatic N) is 2. The third-order valence-electron chi connectivity index (χ3n) is 4.31. The molecule has 28 heavy (non-hydrogen) atoms. The first-order valence-electron chi connectivity index (χ1n) is 8.44. The Kier molecular flexibility index (Phi) is 4.57. The van der Waals surface area contributed by atoms with Gasteiger partial charge in [0.05, 0.1) is 0 Å². The molecule has 4 aromatic rings. The van der Waals surface area contributed by atoms with Gasteiger partial charge >= 0.3 is 0 Å². The monoisotopic (exact) mass is 397 g/mol. The fourth-order valence-electron chi connectivity index (χ4n) is 2.95. The highest BCUT2D eigenvalue weighted by atomic mass is 35.5. The summed E-state index contributed by atoms with van der Waals surface area (Å²) >= 11 is 5.96. The molecule has 0 bridgehead atoms. The fourth-order valence-corrected chi connectivity index (χ4v) is 3.14. The van der Waals surface area contributed by atoms with E-state index in [-0.39, 0.29) is 17.1 Å². The molecule has 0 saturated heterocycles. The molecule has 0 fully saturated rings. The van der Waals surface area contributed by atoms with Gasteiger partial charge in [-0.05, 0) is 55.0 Å². The maximum atomic E-state index is 14.4. The Balaban J connectivity index is 1.88. The van der Waals surface area contributed by atoms with Crippen LogP contribution in [0.15, 0.2) is 60.8 Å². The van der Waals surface area contributed by atoms with E-state index in [4.69, 9.17) is 11.6 Å². The Morgan fingerprint density at radius 3 is 2.68 bits per heavy atom. The van der Waals surface area contributed by atoms with Gasteiger partial charge in [-0.25, -0.2) is 13.8 Å². The van der Waals surface area contributed by atoms with E-state index in [9.17, 15) is 13.6 Å². The second kappa shape index (κ2) is 7.05. The molecule has 1 N–H and O–H groups in total. The lowest BCUT2D eigenvalue weighted by atomic mass is 10.1. The van der Waals surface area contributed by atoms with Crippen LogP contribution in [0.2, 0.25) is 5.02 Å². The number of carbonyl (C=O) groups is 1. The van der Waals surface area contributed by atoms with E-state index >= 15 is 0 Å². The smallest absolute Gasteiger partial charge is 0.256 e. The molecule has 140 valence electrons. The zero-order chi connectivity index (χ0) is 19.8. The first-order valence-corrected chi connectivity index (χ1v) is 8.82. The second-order valence-electron chi connectivity index (χ2n) is 6.31. The highest BCUT2D eigenvalue weighted by Gasteiger charge is 2.21. The van der Waals surface area contributed by atoms with Crippen LogP contribution in [0.4, 0.5) is 14.6 Å². The lowest BCUT2D eigenvalue weighted by Crippen LogP contribution is -2.14. The van der Waals surface area contributed by atoms with Crippen molar-refractivity contribution in [3.05, 3.63) is 88.6 Å². The van der Waals surface area contributed by atoms with E-state index in [0.717, 1.165) is 11.6 Å². The van der Waals surface area contributed by atoms with Crippen LogP contribution in [0.3, 0.4) is 0 Å². The van der Waals surface area contributed by atoms with Gasteiger partial charge in [0.2, 0.25) is 0 Å². The molecule has 0 aliphatic heterocycles. The number of hydrogen-bond donors (Lipinski definition) is 1. The third kappa shape index (κ3) is 3.23. The topological polar surface area (TPSA) is 46.4 Å². The molecule has 0 aliphatic carbocycles. The summed E-state index contributed by atoms with van der Waals surface area (Å²) in [6, 6.07) is 13.9. The Bertz CT molecular complexity index is 1220. The molecule has 0 atom stereocenters. The number of amides is 1. The lowest BCUT2D eigenvalue weighted by molar-refractivity contribution is 0.102. The molecule has 2 heterocycles. The van der Waals surface area contributed by atoms with Gasteiger partial charge in [0.25, 0.3) is 5.91 Å². The molecule has 7 heteroatoms. The predicted octanol–water partition coefficient (Wildman–Crippen LogP) is 5.49. The number of carbonyl (C=O) groups excluding carboxylic acids is 1. The summed E-state index contributed by atoms with van der Waals surface area (Å²) < 4.78 is 29.8. The van der Waals surface area contributed by atoms with Gasteiger partial charge in [-0.15, -0.1) is 0 Å². The molecule has 4 rings (SSSR count). The van der Waals surface area contributed by atoms with Gasteiger partial charge in [0.1, 0.15) is 17.2 Å². The number of aryl methyl sites for hydroxylation is 1. The minimum Gasteiger partial charge on any atom is -0.306 e. The molecule has 0 saturated carbocycles. The highest BCUT2D eigenvalue weighted by Crippen LogP contribution is 2.32. The number of benzene rings is 2. The van der Waals surface area contributed by atoms with Crippen molar-refractivity contribution < 1.29 is 13.6 Å². The largest absolute Gasteiger partial charge is 0.306 e. The SMILES string of the molecule is Cc1ccn2c(NC(=O)c3cccc(Cl)c3)c(-c3cccc(F)c3F)nc2c1. The first-order chi connectivity index (χ1) is 13.4. The second-order valence-corrected chi connectivity index (χ2v) is 6.74. The number of rotatable bonds is 3. The van der Waals surface area contributed by atoms with Gasteiger partial charge < -0.3 is 5.32 Å². The third-order valence-corrected chi connectivity index (χ3v) is 4.54. The van der Waals surface area contributed by atoms with Crippen LogP contribution in [-0.4, -0.2) is 15.3 Å². The van der Waals surface area contributed by atoms with Crippen LogP contribution < -0.4 is 5.32 Å². The van der Waals surface area contributed by atoms with Crippen LogP contribution in [0.25, 0.3) is 16.9 Å². The van der Waals surface area contributed by atoms with E-state index in [1.165, 1.54) is 18.2 Å². The fraction of sp³-hybridized carbons (Fsp3) is 0.0476. The van der Waals surface area contributed by atoms with Crippen molar-refractivity contribution >= 4 is 29.0 Å².